The molecule has 0 aromatic heterocycles. The number of nitrogens with two attached hydrogens (primary N) is 1. The molecular formula is C16H18N2O3. The molecule has 0 aliphatic heterocycles. The topological polar surface area (TPSA) is 84.6 Å². The van der Waals surface area contributed by atoms with Gasteiger partial charge in [0.1, 0.15) is 11.5 Å². The maximum absolute atomic E-state index is 12.4. The Morgan fingerprint density at radius 3 is 2.62 bits per heavy atom. The SMILES string of the molecule is COc1ccc(O)c(NC(=O)C(CN)c2ccccc2)c1. The lowest BCUT2D eigenvalue weighted by Gasteiger charge is -2.16. The van der Waals surface area contributed by atoms with E-state index < -0.39 is 5.92 Å². The lowest BCUT2D eigenvalue weighted by atomic mass is 9.98. The van der Waals surface area contributed by atoms with Gasteiger partial charge in [-0.25, -0.2) is 0 Å². The minimum absolute atomic E-state index is 0.0204. The van der Waals surface area contributed by atoms with Gasteiger partial charge in [0.25, 0.3) is 0 Å². The first-order chi connectivity index (χ1) is 10.2. The highest BCUT2D eigenvalue weighted by Gasteiger charge is 2.20. The van der Waals surface area contributed by atoms with Crippen molar-refractivity contribution in [1.82, 2.24) is 0 Å². The van der Waals surface area contributed by atoms with Gasteiger partial charge in [0.15, 0.2) is 0 Å². The van der Waals surface area contributed by atoms with Crippen LogP contribution in [0.25, 0.3) is 0 Å². The molecule has 110 valence electrons. The number of rotatable bonds is 5. The molecule has 1 amide bonds. The second-order valence-electron chi connectivity index (χ2n) is 4.57. The second-order valence-corrected chi connectivity index (χ2v) is 4.57. The van der Waals surface area contributed by atoms with Gasteiger partial charge in [-0.2, -0.15) is 0 Å². The smallest absolute Gasteiger partial charge is 0.233 e. The molecule has 0 bridgehead atoms. The Kier molecular flexibility index (Phi) is 4.79. The molecule has 1 unspecified atom stereocenters. The van der Waals surface area contributed by atoms with Gasteiger partial charge in [0.05, 0.1) is 18.7 Å². The van der Waals surface area contributed by atoms with E-state index in [1.54, 1.807) is 12.1 Å². The van der Waals surface area contributed by atoms with Crippen LogP contribution in [-0.4, -0.2) is 24.7 Å². The molecule has 4 N–H and O–H groups in total. The van der Waals surface area contributed by atoms with Crippen LogP contribution in [0.5, 0.6) is 11.5 Å². The predicted octanol–water partition coefficient (Wildman–Crippen LogP) is 2.08. The van der Waals surface area contributed by atoms with Crippen LogP contribution in [0, 0.1) is 0 Å². The van der Waals surface area contributed by atoms with Gasteiger partial charge in [-0.1, -0.05) is 30.3 Å². The molecule has 0 aliphatic rings. The summed E-state index contributed by atoms with van der Waals surface area (Å²) in [7, 11) is 1.52. The van der Waals surface area contributed by atoms with Crippen molar-refractivity contribution < 1.29 is 14.6 Å². The summed E-state index contributed by atoms with van der Waals surface area (Å²) in [6, 6.07) is 13.9. The van der Waals surface area contributed by atoms with Crippen molar-refractivity contribution in [3.05, 3.63) is 54.1 Å². The maximum atomic E-state index is 12.4. The van der Waals surface area contributed by atoms with E-state index >= 15 is 0 Å². The zero-order valence-electron chi connectivity index (χ0n) is 11.7. The van der Waals surface area contributed by atoms with E-state index in [2.05, 4.69) is 5.32 Å². The van der Waals surface area contributed by atoms with Crippen molar-refractivity contribution in [2.24, 2.45) is 5.73 Å². The highest BCUT2D eigenvalue weighted by Crippen LogP contribution is 2.29. The number of hydrogen-bond donors (Lipinski definition) is 3. The van der Waals surface area contributed by atoms with Gasteiger partial charge in [-0.15, -0.1) is 0 Å². The van der Waals surface area contributed by atoms with Gasteiger partial charge in [-0.3, -0.25) is 4.79 Å². The molecular weight excluding hydrogens is 268 g/mol. The number of carbonyl (C=O) groups excluding carboxylic acids is 1. The number of amides is 1. The molecule has 0 aliphatic carbocycles. The van der Waals surface area contributed by atoms with Crippen LogP contribution in [-0.2, 0) is 4.79 Å². The fourth-order valence-electron chi connectivity index (χ4n) is 2.04. The number of aromatic hydroxyl groups is 1. The molecule has 2 rings (SSSR count). The summed E-state index contributed by atoms with van der Waals surface area (Å²) < 4.78 is 5.08. The molecule has 0 saturated heterocycles. The van der Waals surface area contributed by atoms with Crippen molar-refractivity contribution in [3.8, 4) is 11.5 Å². The highest BCUT2D eigenvalue weighted by molar-refractivity contribution is 5.97. The Morgan fingerprint density at radius 1 is 1.29 bits per heavy atom. The first-order valence-electron chi connectivity index (χ1n) is 6.58. The fourth-order valence-corrected chi connectivity index (χ4v) is 2.04. The average molecular weight is 286 g/mol. The molecule has 5 heteroatoms. The zero-order chi connectivity index (χ0) is 15.2. The number of benzene rings is 2. The van der Waals surface area contributed by atoms with Crippen molar-refractivity contribution in [2.75, 3.05) is 19.0 Å². The Balaban J connectivity index is 2.20. The predicted molar refractivity (Wildman–Crippen MR) is 81.5 cm³/mol. The van der Waals surface area contributed by atoms with Crippen molar-refractivity contribution in [3.63, 3.8) is 0 Å². The lowest BCUT2D eigenvalue weighted by molar-refractivity contribution is -0.117. The average Bonchev–Trinajstić information content (AvgIpc) is 2.51. The first-order valence-corrected chi connectivity index (χ1v) is 6.58. The molecule has 0 fully saturated rings. The number of ether oxygens (including phenoxy) is 1. The van der Waals surface area contributed by atoms with Gasteiger partial charge >= 0.3 is 0 Å². The maximum Gasteiger partial charge on any atom is 0.233 e. The van der Waals surface area contributed by atoms with Gasteiger partial charge in [-0.05, 0) is 17.7 Å². The zero-order valence-corrected chi connectivity index (χ0v) is 11.7. The van der Waals surface area contributed by atoms with Crippen LogP contribution in [0.1, 0.15) is 11.5 Å². The van der Waals surface area contributed by atoms with E-state index in [0.717, 1.165) is 5.56 Å². The van der Waals surface area contributed by atoms with E-state index in [0.29, 0.717) is 11.4 Å². The third-order valence-corrected chi connectivity index (χ3v) is 3.22. The molecule has 21 heavy (non-hydrogen) atoms. The number of phenols is 1. The van der Waals surface area contributed by atoms with Crippen LogP contribution in [0.15, 0.2) is 48.5 Å². The standard InChI is InChI=1S/C16H18N2O3/c1-21-12-7-8-15(19)14(9-12)18-16(20)13(10-17)11-5-3-2-4-6-11/h2-9,13,19H,10,17H2,1H3,(H,18,20). The number of methoxy groups -OCH3 is 1. The lowest BCUT2D eigenvalue weighted by Crippen LogP contribution is -2.27. The number of nitrogens with one attached hydrogen (secondary N) is 1. The molecule has 2 aromatic carbocycles. The first kappa shape index (κ1) is 14.9. The molecule has 2 aromatic rings. The van der Waals surface area contributed by atoms with Crippen LogP contribution >= 0.6 is 0 Å². The largest absolute Gasteiger partial charge is 0.506 e. The number of phenolic OH excluding ortho intramolecular Hbond substituents is 1. The third-order valence-electron chi connectivity index (χ3n) is 3.22. The third kappa shape index (κ3) is 3.52. The summed E-state index contributed by atoms with van der Waals surface area (Å²) in [6.07, 6.45) is 0. The molecule has 0 saturated carbocycles. The van der Waals surface area contributed by atoms with Gasteiger partial charge in [0.2, 0.25) is 5.91 Å². The number of carbonyl (C=O) groups is 1. The van der Waals surface area contributed by atoms with E-state index in [9.17, 15) is 9.90 Å². The van der Waals surface area contributed by atoms with Crippen LogP contribution in [0.3, 0.4) is 0 Å². The Labute approximate surface area is 123 Å². The van der Waals surface area contributed by atoms with Crippen molar-refractivity contribution >= 4 is 11.6 Å². The number of hydrogen-bond acceptors (Lipinski definition) is 4. The fraction of sp³-hybridized carbons (Fsp3) is 0.188. The van der Waals surface area contributed by atoms with E-state index in [1.807, 2.05) is 30.3 Å². The summed E-state index contributed by atoms with van der Waals surface area (Å²) >= 11 is 0. The minimum Gasteiger partial charge on any atom is -0.506 e. The summed E-state index contributed by atoms with van der Waals surface area (Å²) in [5.74, 6) is -0.218. The van der Waals surface area contributed by atoms with Gasteiger partial charge < -0.3 is 20.9 Å². The normalized spacial score (nSPS) is 11.7. The second kappa shape index (κ2) is 6.76. The minimum atomic E-state index is -0.475. The summed E-state index contributed by atoms with van der Waals surface area (Å²) in [4.78, 5) is 12.4. The van der Waals surface area contributed by atoms with Crippen LogP contribution < -0.4 is 15.8 Å². The Hall–Kier alpha value is -2.53. The molecule has 0 spiro atoms. The molecule has 0 radical (unpaired) electrons. The monoisotopic (exact) mass is 286 g/mol. The number of anilines is 1. The van der Waals surface area contributed by atoms with E-state index in [4.69, 9.17) is 10.5 Å². The van der Waals surface area contributed by atoms with E-state index in [-0.39, 0.29) is 18.2 Å². The van der Waals surface area contributed by atoms with Crippen molar-refractivity contribution in [1.29, 1.82) is 0 Å². The molecule has 5 nitrogen and oxygen atoms in total. The summed E-state index contributed by atoms with van der Waals surface area (Å²) in [5.41, 5.74) is 6.84. The Bertz CT molecular complexity index is 614. The molecule has 0 heterocycles. The highest BCUT2D eigenvalue weighted by atomic mass is 16.5. The van der Waals surface area contributed by atoms with Crippen LogP contribution in [0.4, 0.5) is 5.69 Å². The van der Waals surface area contributed by atoms with E-state index in [1.165, 1.54) is 13.2 Å². The summed E-state index contributed by atoms with van der Waals surface area (Å²) in [6.45, 7) is 0.181. The summed E-state index contributed by atoms with van der Waals surface area (Å²) in [5, 5.41) is 12.5. The van der Waals surface area contributed by atoms with Crippen molar-refractivity contribution in [2.45, 2.75) is 5.92 Å². The molecule has 1 atom stereocenters. The Morgan fingerprint density at radius 2 is 2.00 bits per heavy atom. The quantitative estimate of drug-likeness (QED) is 0.735. The van der Waals surface area contributed by atoms with Crippen LogP contribution in [0.2, 0.25) is 0 Å². The van der Waals surface area contributed by atoms with Gasteiger partial charge in [0, 0.05) is 12.6 Å².